The zero-order chi connectivity index (χ0) is 19.7. The third kappa shape index (κ3) is 5.78. The van der Waals surface area contributed by atoms with Crippen molar-refractivity contribution in [2.45, 2.75) is 38.7 Å². The van der Waals surface area contributed by atoms with Crippen LogP contribution in [0.15, 0.2) is 49.1 Å². The highest BCUT2D eigenvalue weighted by atomic mass is 16.5. The van der Waals surface area contributed by atoms with Crippen molar-refractivity contribution in [2.75, 3.05) is 26.9 Å². The van der Waals surface area contributed by atoms with E-state index in [-0.39, 0.29) is 5.41 Å². The normalized spacial score (nSPS) is 25.0. The molecule has 1 aromatic carbocycles. The van der Waals surface area contributed by atoms with E-state index in [9.17, 15) is 4.79 Å². The molecule has 1 aliphatic carbocycles. The van der Waals surface area contributed by atoms with Gasteiger partial charge >= 0.3 is 0 Å². The summed E-state index contributed by atoms with van der Waals surface area (Å²) in [6.07, 6.45) is 4.86. The average Bonchev–Trinajstić information content (AvgIpc) is 2.70. The predicted octanol–water partition coefficient (Wildman–Crippen LogP) is 4.65. The Hall–Kier alpha value is -1.91. The lowest BCUT2D eigenvalue weighted by atomic mass is 9.62. The van der Waals surface area contributed by atoms with E-state index in [1.165, 1.54) is 11.1 Å². The van der Waals surface area contributed by atoms with Gasteiger partial charge in [0.05, 0.1) is 19.8 Å². The molecule has 0 heterocycles. The number of ether oxygens (including phenoxy) is 3. The molecule has 0 amide bonds. The maximum Gasteiger partial charge on any atom is 0.293 e. The van der Waals surface area contributed by atoms with Gasteiger partial charge in [-0.1, -0.05) is 42.5 Å². The monoisotopic (exact) mass is 372 g/mol. The van der Waals surface area contributed by atoms with Crippen LogP contribution in [-0.4, -0.2) is 33.4 Å². The van der Waals surface area contributed by atoms with E-state index in [0.29, 0.717) is 44.7 Å². The minimum Gasteiger partial charge on any atom is -0.467 e. The molecule has 4 heteroatoms. The molecule has 0 unspecified atom stereocenters. The van der Waals surface area contributed by atoms with Crippen LogP contribution in [0, 0.1) is 11.3 Å². The number of hydrogen-bond acceptors (Lipinski definition) is 4. The van der Waals surface area contributed by atoms with Gasteiger partial charge < -0.3 is 14.2 Å². The van der Waals surface area contributed by atoms with Crippen molar-refractivity contribution in [1.29, 1.82) is 0 Å². The Morgan fingerprint density at radius 1 is 1.30 bits per heavy atom. The van der Waals surface area contributed by atoms with Gasteiger partial charge in [0.1, 0.15) is 6.61 Å². The van der Waals surface area contributed by atoms with Crippen molar-refractivity contribution in [3.8, 4) is 0 Å². The number of hydrogen-bond donors (Lipinski definition) is 0. The topological polar surface area (TPSA) is 44.8 Å². The van der Waals surface area contributed by atoms with Gasteiger partial charge in [0, 0.05) is 12.5 Å². The summed E-state index contributed by atoms with van der Waals surface area (Å²) in [7, 11) is 1.67. The molecule has 27 heavy (non-hydrogen) atoms. The van der Waals surface area contributed by atoms with Crippen LogP contribution in [0.1, 0.15) is 43.2 Å². The fourth-order valence-electron chi connectivity index (χ4n) is 4.04. The Morgan fingerprint density at radius 3 is 2.63 bits per heavy atom. The van der Waals surface area contributed by atoms with E-state index in [0.717, 1.165) is 24.8 Å². The van der Waals surface area contributed by atoms with Crippen molar-refractivity contribution in [3.63, 3.8) is 0 Å². The molecule has 148 valence electrons. The van der Waals surface area contributed by atoms with Gasteiger partial charge in [-0.25, -0.2) is 0 Å². The lowest BCUT2D eigenvalue weighted by Crippen LogP contribution is -2.35. The highest BCUT2D eigenvalue weighted by molar-refractivity contribution is 5.37. The number of carbonyl (C=O) groups is 1. The Morgan fingerprint density at radius 2 is 2.04 bits per heavy atom. The van der Waals surface area contributed by atoms with Crippen LogP contribution < -0.4 is 0 Å². The molecule has 1 saturated carbocycles. The largest absolute Gasteiger partial charge is 0.467 e. The van der Waals surface area contributed by atoms with Gasteiger partial charge in [-0.05, 0) is 49.1 Å². The fraction of sp³-hybridized carbons (Fsp3) is 0.522. The molecule has 0 saturated heterocycles. The summed E-state index contributed by atoms with van der Waals surface area (Å²) in [5.41, 5.74) is 3.48. The molecule has 3 atom stereocenters. The van der Waals surface area contributed by atoms with Gasteiger partial charge in [-0.15, -0.1) is 6.58 Å². The summed E-state index contributed by atoms with van der Waals surface area (Å²) >= 11 is 0. The summed E-state index contributed by atoms with van der Waals surface area (Å²) < 4.78 is 15.7. The first-order valence-corrected chi connectivity index (χ1v) is 9.55. The smallest absolute Gasteiger partial charge is 0.293 e. The maximum atomic E-state index is 10.7. The molecule has 0 bridgehead atoms. The Labute approximate surface area is 163 Å². The third-order valence-corrected chi connectivity index (χ3v) is 5.68. The average molecular weight is 373 g/mol. The second-order valence-electron chi connectivity index (χ2n) is 7.56. The number of rotatable bonds is 11. The molecule has 0 radical (unpaired) electrons. The first kappa shape index (κ1) is 21.4. The summed E-state index contributed by atoms with van der Waals surface area (Å²) in [5, 5.41) is 0. The van der Waals surface area contributed by atoms with Gasteiger partial charge in [0.25, 0.3) is 6.47 Å². The Kier molecular flexibility index (Phi) is 8.26. The van der Waals surface area contributed by atoms with Crippen LogP contribution in [-0.2, 0) is 25.6 Å². The molecule has 1 fully saturated rings. The van der Waals surface area contributed by atoms with E-state index in [4.69, 9.17) is 14.2 Å². The quantitative estimate of drug-likeness (QED) is 0.322. The van der Waals surface area contributed by atoms with Crippen LogP contribution >= 0.6 is 0 Å². The predicted molar refractivity (Wildman–Crippen MR) is 108 cm³/mol. The minimum atomic E-state index is -0.167. The van der Waals surface area contributed by atoms with Crippen molar-refractivity contribution in [3.05, 3.63) is 60.2 Å². The third-order valence-electron chi connectivity index (χ3n) is 5.68. The van der Waals surface area contributed by atoms with E-state index < -0.39 is 0 Å². The first-order valence-electron chi connectivity index (χ1n) is 9.55. The van der Waals surface area contributed by atoms with Crippen LogP contribution in [0.2, 0.25) is 0 Å². The molecule has 0 spiro atoms. The molecule has 2 rings (SSSR count). The van der Waals surface area contributed by atoms with E-state index in [1.54, 1.807) is 7.11 Å². The zero-order valence-electron chi connectivity index (χ0n) is 16.6. The summed E-state index contributed by atoms with van der Waals surface area (Å²) in [5.74, 6) is 0.770. The standard InChI is InChI=1S/C23H32O4/c1-5-23(16-27-17-24)11-10-21(18(2)3)22(14-23)20-8-6-19(7-9-20)15-26-13-12-25-4/h5-9,17,21-22H,1-2,10-16H2,3-4H3/t21-,22-,23-/m0/s1. The molecule has 0 aromatic heterocycles. The van der Waals surface area contributed by atoms with Crippen molar-refractivity contribution >= 4 is 6.47 Å². The SMILES string of the molecule is C=C[C@]1(COC=O)CC[C@@H](C(=C)C)[C@H](c2ccc(COCCOC)cc2)C1. The first-order chi connectivity index (χ1) is 13.0. The molecule has 0 N–H and O–H groups in total. The van der Waals surface area contributed by atoms with Gasteiger partial charge in [0.15, 0.2) is 0 Å². The molecule has 0 aliphatic heterocycles. The zero-order valence-corrected chi connectivity index (χ0v) is 16.6. The van der Waals surface area contributed by atoms with Crippen molar-refractivity contribution in [2.24, 2.45) is 11.3 Å². The number of benzene rings is 1. The Balaban J connectivity index is 2.14. The number of carbonyl (C=O) groups excluding carboxylic acids is 1. The number of methoxy groups -OCH3 is 1. The molecule has 1 aromatic rings. The van der Waals surface area contributed by atoms with Crippen molar-refractivity contribution < 1.29 is 19.0 Å². The second kappa shape index (κ2) is 10.4. The van der Waals surface area contributed by atoms with Gasteiger partial charge in [0.2, 0.25) is 0 Å². The molecular formula is C23H32O4. The molecule has 4 nitrogen and oxygen atoms in total. The van der Waals surface area contributed by atoms with E-state index in [2.05, 4.69) is 44.3 Å². The maximum absolute atomic E-state index is 10.7. The second-order valence-corrected chi connectivity index (χ2v) is 7.56. The van der Waals surface area contributed by atoms with Crippen molar-refractivity contribution in [1.82, 2.24) is 0 Å². The summed E-state index contributed by atoms with van der Waals surface area (Å²) in [6.45, 7) is 13.1. The molecule has 1 aliphatic rings. The highest BCUT2D eigenvalue weighted by Gasteiger charge is 2.40. The van der Waals surface area contributed by atoms with E-state index >= 15 is 0 Å². The number of allylic oxidation sites excluding steroid dienone is 1. The summed E-state index contributed by atoms with van der Waals surface area (Å²) in [6, 6.07) is 8.64. The minimum absolute atomic E-state index is 0.167. The van der Waals surface area contributed by atoms with Crippen LogP contribution in [0.3, 0.4) is 0 Å². The lowest BCUT2D eigenvalue weighted by Gasteiger charge is -2.43. The summed E-state index contributed by atoms with van der Waals surface area (Å²) in [4.78, 5) is 10.7. The van der Waals surface area contributed by atoms with E-state index in [1.807, 2.05) is 6.08 Å². The highest BCUT2D eigenvalue weighted by Crippen LogP contribution is 2.50. The van der Waals surface area contributed by atoms with Crippen LogP contribution in [0.5, 0.6) is 0 Å². The van der Waals surface area contributed by atoms with Gasteiger partial charge in [-0.3, -0.25) is 4.79 Å². The van der Waals surface area contributed by atoms with Crippen LogP contribution in [0.4, 0.5) is 0 Å². The Bertz CT molecular complexity index is 622. The van der Waals surface area contributed by atoms with Crippen LogP contribution in [0.25, 0.3) is 0 Å². The van der Waals surface area contributed by atoms with Gasteiger partial charge in [-0.2, -0.15) is 0 Å². The lowest BCUT2D eigenvalue weighted by molar-refractivity contribution is -0.132. The fourth-order valence-corrected chi connectivity index (χ4v) is 4.04. The molecular weight excluding hydrogens is 340 g/mol.